The number of halogens is 3. The lowest BCUT2D eigenvalue weighted by Crippen LogP contribution is -2.10. The second-order valence-electron chi connectivity index (χ2n) is 6.81. The summed E-state index contributed by atoms with van der Waals surface area (Å²) in [7, 11) is 1.45. The zero-order valence-electron chi connectivity index (χ0n) is 16.3. The predicted molar refractivity (Wildman–Crippen MR) is 115 cm³/mol. The fraction of sp³-hybridized carbons (Fsp3) is 0.130. The van der Waals surface area contributed by atoms with Crippen LogP contribution >= 0.6 is 11.6 Å². The summed E-state index contributed by atoms with van der Waals surface area (Å²) >= 11 is 6.37. The molecule has 0 aliphatic heterocycles. The van der Waals surface area contributed by atoms with E-state index >= 15 is 0 Å². The second kappa shape index (κ2) is 8.24. The largest absolute Gasteiger partial charge is 0.481 e. The lowest BCUT2D eigenvalue weighted by Gasteiger charge is -2.20. The molecule has 0 saturated heterocycles. The van der Waals surface area contributed by atoms with E-state index in [2.05, 4.69) is 15.3 Å². The summed E-state index contributed by atoms with van der Waals surface area (Å²) in [5.74, 6) is -0.648. The number of rotatable bonds is 5. The lowest BCUT2D eigenvalue weighted by atomic mass is 9.99. The topological polar surface area (TPSA) is 47.0 Å². The lowest BCUT2D eigenvalue weighted by molar-refractivity contribution is 0.396. The zero-order valence-corrected chi connectivity index (χ0v) is 17.0. The number of fused-ring (bicyclic) bond motifs is 1. The molecule has 0 saturated carbocycles. The van der Waals surface area contributed by atoms with Crippen LogP contribution in [0.15, 0.2) is 60.9 Å². The number of benzene rings is 2. The van der Waals surface area contributed by atoms with Crippen molar-refractivity contribution in [2.45, 2.75) is 13.0 Å². The van der Waals surface area contributed by atoms with Gasteiger partial charge in [-0.2, -0.15) is 0 Å². The Morgan fingerprint density at radius 3 is 2.60 bits per heavy atom. The summed E-state index contributed by atoms with van der Waals surface area (Å²) in [6, 6.07) is 13.0. The molecule has 2 aromatic carbocycles. The smallest absolute Gasteiger partial charge is 0.213 e. The van der Waals surface area contributed by atoms with E-state index < -0.39 is 17.7 Å². The van der Waals surface area contributed by atoms with Crippen molar-refractivity contribution in [3.8, 4) is 17.0 Å². The average molecular weight is 426 g/mol. The summed E-state index contributed by atoms with van der Waals surface area (Å²) in [6.07, 6.45) is 2.64. The molecular formula is C23H18ClF2N3O. The van der Waals surface area contributed by atoms with E-state index in [4.69, 9.17) is 16.3 Å². The van der Waals surface area contributed by atoms with E-state index in [-0.39, 0.29) is 11.4 Å². The predicted octanol–water partition coefficient (Wildman–Crippen LogP) is 6.41. The third-order valence-electron chi connectivity index (χ3n) is 4.90. The number of nitrogens with zero attached hydrogens (tertiary/aromatic N) is 2. The van der Waals surface area contributed by atoms with Gasteiger partial charge in [0.2, 0.25) is 5.88 Å². The van der Waals surface area contributed by atoms with Crippen molar-refractivity contribution in [2.75, 3.05) is 12.4 Å². The Kier molecular flexibility index (Phi) is 5.50. The van der Waals surface area contributed by atoms with Gasteiger partial charge in [0.1, 0.15) is 11.6 Å². The summed E-state index contributed by atoms with van der Waals surface area (Å²) < 4.78 is 34.1. The molecule has 152 valence electrons. The number of ether oxygens (including phenoxy) is 1. The highest BCUT2D eigenvalue weighted by molar-refractivity contribution is 6.34. The van der Waals surface area contributed by atoms with Gasteiger partial charge in [-0.1, -0.05) is 35.9 Å². The number of anilines is 1. The Morgan fingerprint density at radius 2 is 1.80 bits per heavy atom. The Morgan fingerprint density at radius 1 is 1.00 bits per heavy atom. The average Bonchev–Trinajstić information content (AvgIpc) is 2.76. The summed E-state index contributed by atoms with van der Waals surface area (Å²) in [6.45, 7) is 1.82. The molecule has 0 aliphatic rings. The number of nitrogens with one attached hydrogen (secondary N) is 1. The van der Waals surface area contributed by atoms with Crippen LogP contribution in [-0.2, 0) is 0 Å². The van der Waals surface area contributed by atoms with Crippen LogP contribution in [0.5, 0.6) is 5.88 Å². The van der Waals surface area contributed by atoms with Gasteiger partial charge in [-0.15, -0.1) is 0 Å². The monoisotopic (exact) mass is 425 g/mol. The third kappa shape index (κ3) is 3.78. The summed E-state index contributed by atoms with van der Waals surface area (Å²) in [5, 5.41) is 4.55. The zero-order chi connectivity index (χ0) is 21.3. The standard InChI is InChI=1S/C23H18ClF2N3O/c1-13(29-23-15-5-3-4-6-21(15)27-11-18(23)24)16-9-14(7-8-19(16)25)17-10-22(30-2)28-12-20(17)26/h3-13H,1-2H3,(H,27,29). The fourth-order valence-electron chi connectivity index (χ4n) is 3.35. The first-order valence-electron chi connectivity index (χ1n) is 9.27. The molecule has 7 heteroatoms. The molecule has 2 aromatic heterocycles. The quantitative estimate of drug-likeness (QED) is 0.401. The Balaban J connectivity index is 1.73. The molecule has 4 rings (SSSR count). The van der Waals surface area contributed by atoms with Crippen molar-refractivity contribution >= 4 is 28.2 Å². The Bertz CT molecular complexity index is 1230. The minimum Gasteiger partial charge on any atom is -0.481 e. The SMILES string of the molecule is COc1cc(-c2ccc(F)c(C(C)Nc3c(Cl)cnc4ccccc34)c2)c(F)cn1. The minimum absolute atomic E-state index is 0.276. The molecule has 0 aliphatic carbocycles. The number of hydrogen-bond donors (Lipinski definition) is 1. The van der Waals surface area contributed by atoms with Gasteiger partial charge >= 0.3 is 0 Å². The van der Waals surface area contributed by atoms with Crippen LogP contribution < -0.4 is 10.1 Å². The molecular weight excluding hydrogens is 408 g/mol. The van der Waals surface area contributed by atoms with Crippen LogP contribution in [0.1, 0.15) is 18.5 Å². The fourth-order valence-corrected chi connectivity index (χ4v) is 3.56. The number of aromatic nitrogens is 2. The number of para-hydroxylation sites is 1. The third-order valence-corrected chi connectivity index (χ3v) is 5.19. The first-order valence-corrected chi connectivity index (χ1v) is 9.65. The summed E-state index contributed by atoms with van der Waals surface area (Å²) in [5.41, 5.74) is 2.61. The molecule has 0 fully saturated rings. The van der Waals surface area contributed by atoms with Crippen LogP contribution in [-0.4, -0.2) is 17.1 Å². The van der Waals surface area contributed by atoms with Crippen LogP contribution in [0.4, 0.5) is 14.5 Å². The molecule has 30 heavy (non-hydrogen) atoms. The molecule has 0 spiro atoms. The van der Waals surface area contributed by atoms with Crippen LogP contribution in [0, 0.1) is 11.6 Å². The normalized spacial score (nSPS) is 12.0. The molecule has 2 heterocycles. The van der Waals surface area contributed by atoms with E-state index in [0.717, 1.165) is 17.1 Å². The van der Waals surface area contributed by atoms with E-state index in [1.54, 1.807) is 12.3 Å². The van der Waals surface area contributed by atoms with E-state index in [1.165, 1.54) is 25.3 Å². The van der Waals surface area contributed by atoms with Crippen molar-refractivity contribution in [3.63, 3.8) is 0 Å². The van der Waals surface area contributed by atoms with Crippen molar-refractivity contribution in [1.29, 1.82) is 0 Å². The van der Waals surface area contributed by atoms with Gasteiger partial charge in [-0.05, 0) is 30.7 Å². The molecule has 4 aromatic rings. The maximum Gasteiger partial charge on any atom is 0.213 e. The molecule has 1 atom stereocenters. The van der Waals surface area contributed by atoms with Gasteiger partial charge in [0.25, 0.3) is 0 Å². The first kappa shape index (κ1) is 20.0. The van der Waals surface area contributed by atoms with Crippen molar-refractivity contribution < 1.29 is 13.5 Å². The van der Waals surface area contributed by atoms with Crippen LogP contribution in [0.25, 0.3) is 22.0 Å². The highest BCUT2D eigenvalue weighted by atomic mass is 35.5. The Labute approximate surface area is 177 Å². The van der Waals surface area contributed by atoms with Gasteiger partial charge in [-0.3, -0.25) is 4.98 Å². The maximum atomic E-state index is 14.7. The first-order chi connectivity index (χ1) is 14.5. The molecule has 1 N–H and O–H groups in total. The molecule has 4 nitrogen and oxygen atoms in total. The van der Waals surface area contributed by atoms with E-state index in [1.807, 2.05) is 31.2 Å². The van der Waals surface area contributed by atoms with E-state index in [9.17, 15) is 8.78 Å². The number of hydrogen-bond acceptors (Lipinski definition) is 4. The number of methoxy groups -OCH3 is 1. The van der Waals surface area contributed by atoms with Crippen LogP contribution in [0.3, 0.4) is 0 Å². The highest BCUT2D eigenvalue weighted by Crippen LogP contribution is 2.34. The minimum atomic E-state index is -0.517. The number of pyridine rings is 2. The van der Waals surface area contributed by atoms with Gasteiger partial charge in [0, 0.05) is 28.8 Å². The molecule has 0 bridgehead atoms. The van der Waals surface area contributed by atoms with Crippen LogP contribution in [0.2, 0.25) is 5.02 Å². The van der Waals surface area contributed by atoms with Crippen molar-refractivity contribution in [2.24, 2.45) is 0 Å². The van der Waals surface area contributed by atoms with Crippen molar-refractivity contribution in [3.05, 3.63) is 83.1 Å². The Hall–Kier alpha value is -3.25. The van der Waals surface area contributed by atoms with Gasteiger partial charge in [0.05, 0.1) is 35.6 Å². The second-order valence-corrected chi connectivity index (χ2v) is 7.21. The molecule has 0 radical (unpaired) electrons. The summed E-state index contributed by atoms with van der Waals surface area (Å²) in [4.78, 5) is 8.16. The highest BCUT2D eigenvalue weighted by Gasteiger charge is 2.17. The van der Waals surface area contributed by atoms with Gasteiger partial charge < -0.3 is 10.1 Å². The van der Waals surface area contributed by atoms with Gasteiger partial charge in [-0.25, -0.2) is 13.8 Å². The van der Waals surface area contributed by atoms with Crippen molar-refractivity contribution in [1.82, 2.24) is 9.97 Å². The van der Waals surface area contributed by atoms with Gasteiger partial charge in [0.15, 0.2) is 0 Å². The molecule has 1 unspecified atom stereocenters. The maximum absolute atomic E-state index is 14.7. The molecule has 0 amide bonds. The van der Waals surface area contributed by atoms with E-state index in [0.29, 0.717) is 21.8 Å².